The van der Waals surface area contributed by atoms with E-state index in [0.717, 1.165) is 6.07 Å². The van der Waals surface area contributed by atoms with Gasteiger partial charge in [0.25, 0.3) is 0 Å². The Kier molecular flexibility index (Phi) is 4.37. The van der Waals surface area contributed by atoms with Gasteiger partial charge in [-0.2, -0.15) is 0 Å². The topological polar surface area (TPSA) is 44.5 Å². The van der Waals surface area contributed by atoms with E-state index in [9.17, 15) is 13.2 Å². The first-order chi connectivity index (χ1) is 9.97. The number of hydrogen-bond donors (Lipinski definition) is 1. The fraction of sp³-hybridized carbons (Fsp3) is 0.200. The van der Waals surface area contributed by atoms with Crippen LogP contribution in [0.25, 0.3) is 0 Å². The number of methoxy groups -OCH3 is 2. The molecule has 3 nitrogen and oxygen atoms in total. The number of nitrogens with two attached hydrogens (primary N) is 1. The summed E-state index contributed by atoms with van der Waals surface area (Å²) in [5.74, 6) is -2.47. The summed E-state index contributed by atoms with van der Waals surface area (Å²) in [6, 6.07) is 5.00. The molecule has 2 aromatic rings. The van der Waals surface area contributed by atoms with Crippen LogP contribution in [-0.2, 0) is 0 Å². The maximum absolute atomic E-state index is 13.8. The van der Waals surface area contributed by atoms with Crippen molar-refractivity contribution in [2.45, 2.75) is 6.04 Å². The van der Waals surface area contributed by atoms with E-state index < -0.39 is 23.5 Å². The molecule has 112 valence electrons. The van der Waals surface area contributed by atoms with Crippen LogP contribution in [0.15, 0.2) is 30.3 Å². The molecule has 0 bridgehead atoms. The number of rotatable bonds is 4. The molecule has 0 aliphatic heterocycles. The first kappa shape index (κ1) is 15.2. The highest BCUT2D eigenvalue weighted by atomic mass is 19.2. The normalized spacial score (nSPS) is 12.1. The second-order valence-corrected chi connectivity index (χ2v) is 4.37. The zero-order valence-electron chi connectivity index (χ0n) is 11.5. The third kappa shape index (κ3) is 2.95. The molecule has 6 heteroatoms. The summed E-state index contributed by atoms with van der Waals surface area (Å²) in [4.78, 5) is 0. The van der Waals surface area contributed by atoms with Crippen molar-refractivity contribution in [2.24, 2.45) is 5.73 Å². The predicted octanol–water partition coefficient (Wildman–Crippen LogP) is 3.17. The average Bonchev–Trinajstić information content (AvgIpc) is 2.49. The second-order valence-electron chi connectivity index (χ2n) is 4.37. The lowest BCUT2D eigenvalue weighted by atomic mass is 9.97. The maximum atomic E-state index is 13.8. The molecule has 1 unspecified atom stereocenters. The maximum Gasteiger partial charge on any atom is 0.161 e. The van der Waals surface area contributed by atoms with Gasteiger partial charge < -0.3 is 15.2 Å². The lowest BCUT2D eigenvalue weighted by Crippen LogP contribution is -2.15. The van der Waals surface area contributed by atoms with Gasteiger partial charge >= 0.3 is 0 Å². The molecule has 0 radical (unpaired) electrons. The summed E-state index contributed by atoms with van der Waals surface area (Å²) in [5.41, 5.74) is 6.21. The Morgan fingerprint density at radius 1 is 0.857 bits per heavy atom. The zero-order valence-corrected chi connectivity index (χ0v) is 11.5. The summed E-state index contributed by atoms with van der Waals surface area (Å²) < 4.78 is 50.4. The van der Waals surface area contributed by atoms with Gasteiger partial charge in [0.2, 0.25) is 0 Å². The number of benzene rings is 2. The molecule has 0 saturated carbocycles. The van der Waals surface area contributed by atoms with E-state index in [-0.39, 0.29) is 5.56 Å². The van der Waals surface area contributed by atoms with E-state index in [1.54, 1.807) is 18.2 Å². The van der Waals surface area contributed by atoms with Gasteiger partial charge in [-0.1, -0.05) is 0 Å². The van der Waals surface area contributed by atoms with Crippen LogP contribution >= 0.6 is 0 Å². The highest BCUT2D eigenvalue weighted by Gasteiger charge is 2.20. The highest BCUT2D eigenvalue weighted by Crippen LogP contribution is 2.33. The summed E-state index contributed by atoms with van der Waals surface area (Å²) >= 11 is 0. The molecule has 2 aromatic carbocycles. The first-order valence-electron chi connectivity index (χ1n) is 6.10. The first-order valence-corrected chi connectivity index (χ1v) is 6.10. The monoisotopic (exact) mass is 297 g/mol. The van der Waals surface area contributed by atoms with Crippen molar-refractivity contribution in [3.8, 4) is 11.5 Å². The Balaban J connectivity index is 2.53. The summed E-state index contributed by atoms with van der Waals surface area (Å²) in [6.45, 7) is 0. The smallest absolute Gasteiger partial charge is 0.161 e. The van der Waals surface area contributed by atoms with Crippen LogP contribution in [-0.4, -0.2) is 14.2 Å². The molecule has 21 heavy (non-hydrogen) atoms. The van der Waals surface area contributed by atoms with Crippen LogP contribution in [0.3, 0.4) is 0 Å². The third-order valence-electron chi connectivity index (χ3n) is 3.15. The molecule has 0 amide bonds. The van der Waals surface area contributed by atoms with Crippen LogP contribution in [0, 0.1) is 17.5 Å². The van der Waals surface area contributed by atoms with Crippen molar-refractivity contribution in [3.05, 3.63) is 58.9 Å². The van der Waals surface area contributed by atoms with Gasteiger partial charge in [0, 0.05) is 17.2 Å². The molecule has 0 spiro atoms. The van der Waals surface area contributed by atoms with E-state index in [1.807, 2.05) is 0 Å². The van der Waals surface area contributed by atoms with Crippen LogP contribution < -0.4 is 15.2 Å². The minimum Gasteiger partial charge on any atom is -0.497 e. The van der Waals surface area contributed by atoms with E-state index in [4.69, 9.17) is 15.2 Å². The lowest BCUT2D eigenvalue weighted by molar-refractivity contribution is 0.396. The Bertz CT molecular complexity index is 662. The minimum atomic E-state index is -1.26. The van der Waals surface area contributed by atoms with Gasteiger partial charge in [0.05, 0.1) is 20.3 Å². The quantitative estimate of drug-likeness (QED) is 0.882. The van der Waals surface area contributed by atoms with Crippen molar-refractivity contribution in [2.75, 3.05) is 14.2 Å². The molecule has 0 aliphatic carbocycles. The molecule has 2 N–H and O–H groups in total. The van der Waals surface area contributed by atoms with E-state index >= 15 is 0 Å². The highest BCUT2D eigenvalue weighted by molar-refractivity contribution is 5.46. The standard InChI is InChI=1S/C15H14F3NO2/c1-20-8-3-4-14(21-2)10(5-8)15(19)9-6-12(17)13(18)7-11(9)16/h3-7,15H,19H2,1-2H3. The van der Waals surface area contributed by atoms with E-state index in [2.05, 4.69) is 0 Å². The summed E-state index contributed by atoms with van der Waals surface area (Å²) in [5, 5.41) is 0. The van der Waals surface area contributed by atoms with E-state index in [0.29, 0.717) is 23.1 Å². The number of hydrogen-bond acceptors (Lipinski definition) is 3. The Hall–Kier alpha value is -2.21. The molecule has 0 aromatic heterocycles. The molecule has 0 heterocycles. The third-order valence-corrected chi connectivity index (χ3v) is 3.15. The Morgan fingerprint density at radius 2 is 1.52 bits per heavy atom. The molecular weight excluding hydrogens is 283 g/mol. The fourth-order valence-corrected chi connectivity index (χ4v) is 2.03. The molecule has 1 atom stereocenters. The summed E-state index contributed by atoms with van der Waals surface area (Å²) in [6.07, 6.45) is 0. The molecule has 0 aliphatic rings. The van der Waals surface area contributed by atoms with Crippen molar-refractivity contribution < 1.29 is 22.6 Å². The van der Waals surface area contributed by atoms with Crippen molar-refractivity contribution in [1.82, 2.24) is 0 Å². The van der Waals surface area contributed by atoms with Gasteiger partial charge in [-0.05, 0) is 24.3 Å². The van der Waals surface area contributed by atoms with Crippen LogP contribution in [0.4, 0.5) is 13.2 Å². The van der Waals surface area contributed by atoms with Crippen LogP contribution in [0.2, 0.25) is 0 Å². The molecule has 2 rings (SSSR count). The SMILES string of the molecule is COc1ccc(OC)c(C(N)c2cc(F)c(F)cc2F)c1. The minimum absolute atomic E-state index is 0.166. The molecule has 0 fully saturated rings. The predicted molar refractivity (Wildman–Crippen MR) is 71.9 cm³/mol. The molecule has 0 saturated heterocycles. The lowest BCUT2D eigenvalue weighted by Gasteiger charge is -2.18. The number of halogens is 3. The fourth-order valence-electron chi connectivity index (χ4n) is 2.03. The van der Waals surface area contributed by atoms with Gasteiger partial charge in [-0.25, -0.2) is 13.2 Å². The van der Waals surface area contributed by atoms with E-state index in [1.165, 1.54) is 14.2 Å². The van der Waals surface area contributed by atoms with Crippen molar-refractivity contribution in [1.29, 1.82) is 0 Å². The Morgan fingerprint density at radius 3 is 2.14 bits per heavy atom. The largest absolute Gasteiger partial charge is 0.497 e. The van der Waals surface area contributed by atoms with Gasteiger partial charge in [-0.15, -0.1) is 0 Å². The van der Waals surface area contributed by atoms with Crippen molar-refractivity contribution >= 4 is 0 Å². The van der Waals surface area contributed by atoms with Crippen LogP contribution in [0.1, 0.15) is 17.2 Å². The number of ether oxygens (including phenoxy) is 2. The second kappa shape index (κ2) is 6.05. The van der Waals surface area contributed by atoms with Gasteiger partial charge in [-0.3, -0.25) is 0 Å². The summed E-state index contributed by atoms with van der Waals surface area (Å²) in [7, 11) is 2.90. The van der Waals surface area contributed by atoms with Crippen LogP contribution in [0.5, 0.6) is 11.5 Å². The molecular formula is C15H14F3NO2. The average molecular weight is 297 g/mol. The van der Waals surface area contributed by atoms with Gasteiger partial charge in [0.15, 0.2) is 11.6 Å². The zero-order chi connectivity index (χ0) is 15.6. The van der Waals surface area contributed by atoms with Crippen molar-refractivity contribution in [3.63, 3.8) is 0 Å². The van der Waals surface area contributed by atoms with Gasteiger partial charge in [0.1, 0.15) is 17.3 Å². The Labute approximate surface area is 120 Å².